The van der Waals surface area contributed by atoms with E-state index in [-0.39, 0.29) is 4.90 Å². The zero-order chi connectivity index (χ0) is 9.73. The number of carbonyl (C=O) groups is 1. The van der Waals surface area contributed by atoms with Gasteiger partial charge >= 0.3 is 0 Å². The molecule has 0 fully saturated rings. The van der Waals surface area contributed by atoms with Gasteiger partial charge < -0.3 is 4.79 Å². The number of hydrogen-bond acceptors (Lipinski definition) is 4. The number of aldehydes is 1. The summed E-state index contributed by atoms with van der Waals surface area (Å²) in [4.78, 5) is 9.95. The molecule has 0 radical (unpaired) electrons. The first-order valence-corrected chi connectivity index (χ1v) is 4.96. The molecule has 1 aromatic carbocycles. The van der Waals surface area contributed by atoms with Gasteiger partial charge in [0.2, 0.25) is 0 Å². The summed E-state index contributed by atoms with van der Waals surface area (Å²) in [5, 5.41) is 0. The summed E-state index contributed by atoms with van der Waals surface area (Å²) in [5.74, 6) is 0. The molecule has 1 rings (SSSR count). The second-order valence-corrected chi connectivity index (χ2v) is 3.83. The molecule has 0 saturated heterocycles. The monoisotopic (exact) mass is 200 g/mol. The van der Waals surface area contributed by atoms with E-state index >= 15 is 0 Å². The highest BCUT2D eigenvalue weighted by Gasteiger charge is 2.13. The Morgan fingerprint density at radius 3 is 2.38 bits per heavy atom. The fraction of sp³-hybridized carbons (Fsp3) is 0.125. The average Bonchev–Trinajstić information content (AvgIpc) is 2.16. The van der Waals surface area contributed by atoms with E-state index in [1.54, 1.807) is 18.2 Å². The van der Waals surface area contributed by atoms with Crippen molar-refractivity contribution < 1.29 is 17.4 Å². The number of hydrogen-bond donors (Lipinski definition) is 0. The molecule has 0 aliphatic rings. The molecular formula is C8H8O4S. The molecule has 0 aliphatic heterocycles. The number of benzene rings is 1. The molecule has 0 saturated carbocycles. The Morgan fingerprint density at radius 1 is 1.23 bits per heavy atom. The van der Waals surface area contributed by atoms with Gasteiger partial charge in [-0.1, -0.05) is 18.2 Å². The zero-order valence-corrected chi connectivity index (χ0v) is 7.53. The van der Waals surface area contributed by atoms with Crippen LogP contribution in [0.15, 0.2) is 35.2 Å². The predicted molar refractivity (Wildman–Crippen MR) is 45.6 cm³/mol. The molecule has 0 bridgehead atoms. The molecule has 0 unspecified atom stereocenters. The third-order valence-electron chi connectivity index (χ3n) is 1.32. The summed E-state index contributed by atoms with van der Waals surface area (Å²) in [6.07, 6.45) is 0.389. The third-order valence-corrected chi connectivity index (χ3v) is 2.62. The van der Waals surface area contributed by atoms with Crippen molar-refractivity contribution in [3.63, 3.8) is 0 Å². The Morgan fingerprint density at radius 2 is 1.85 bits per heavy atom. The van der Waals surface area contributed by atoms with Gasteiger partial charge in [-0.3, -0.25) is 4.18 Å². The van der Waals surface area contributed by atoms with Crippen LogP contribution in [0.2, 0.25) is 0 Å². The lowest BCUT2D eigenvalue weighted by atomic mass is 10.4. The molecule has 5 heteroatoms. The summed E-state index contributed by atoms with van der Waals surface area (Å²) in [7, 11) is -3.75. The van der Waals surface area contributed by atoms with Gasteiger partial charge in [0.05, 0.1) is 4.90 Å². The van der Waals surface area contributed by atoms with Gasteiger partial charge in [-0.05, 0) is 12.1 Å². The summed E-state index contributed by atoms with van der Waals surface area (Å²) in [6, 6.07) is 7.66. The molecule has 0 N–H and O–H groups in total. The van der Waals surface area contributed by atoms with E-state index in [9.17, 15) is 13.2 Å². The highest BCUT2D eigenvalue weighted by molar-refractivity contribution is 7.86. The van der Waals surface area contributed by atoms with E-state index in [1.807, 2.05) is 0 Å². The summed E-state index contributed by atoms with van der Waals surface area (Å²) >= 11 is 0. The van der Waals surface area contributed by atoms with Crippen molar-refractivity contribution in [2.75, 3.05) is 6.61 Å². The van der Waals surface area contributed by atoms with Crippen LogP contribution >= 0.6 is 0 Å². The molecule has 0 atom stereocenters. The molecule has 13 heavy (non-hydrogen) atoms. The molecule has 4 nitrogen and oxygen atoms in total. The van der Waals surface area contributed by atoms with E-state index in [1.165, 1.54) is 12.1 Å². The van der Waals surface area contributed by atoms with Crippen LogP contribution in [0.4, 0.5) is 0 Å². The second kappa shape index (κ2) is 4.15. The Kier molecular flexibility index (Phi) is 3.16. The number of rotatable bonds is 4. The Labute approximate surface area is 76.3 Å². The van der Waals surface area contributed by atoms with Gasteiger partial charge in [0.1, 0.15) is 12.9 Å². The molecule has 1 aromatic rings. The van der Waals surface area contributed by atoms with Crippen molar-refractivity contribution in [2.24, 2.45) is 0 Å². The van der Waals surface area contributed by atoms with Crippen LogP contribution in [0.25, 0.3) is 0 Å². The van der Waals surface area contributed by atoms with Crippen LogP contribution in [-0.4, -0.2) is 21.3 Å². The van der Waals surface area contributed by atoms with Crippen molar-refractivity contribution >= 4 is 16.4 Å². The summed E-state index contributed by atoms with van der Waals surface area (Å²) in [6.45, 7) is -0.447. The lowest BCUT2D eigenvalue weighted by Gasteiger charge is -2.00. The molecule has 0 amide bonds. The van der Waals surface area contributed by atoms with E-state index < -0.39 is 16.7 Å². The van der Waals surface area contributed by atoms with Crippen molar-refractivity contribution in [3.05, 3.63) is 30.3 Å². The summed E-state index contributed by atoms with van der Waals surface area (Å²) < 4.78 is 26.8. The first kappa shape index (κ1) is 9.88. The van der Waals surface area contributed by atoms with E-state index in [2.05, 4.69) is 4.18 Å². The van der Waals surface area contributed by atoms with Gasteiger partial charge in [0.15, 0.2) is 0 Å². The van der Waals surface area contributed by atoms with Crippen LogP contribution in [0.3, 0.4) is 0 Å². The van der Waals surface area contributed by atoms with Gasteiger partial charge in [-0.2, -0.15) is 8.42 Å². The van der Waals surface area contributed by atoms with E-state index in [0.717, 1.165) is 0 Å². The lowest BCUT2D eigenvalue weighted by Crippen LogP contribution is -2.07. The smallest absolute Gasteiger partial charge is 0.297 e. The van der Waals surface area contributed by atoms with Gasteiger partial charge in [0.25, 0.3) is 10.1 Å². The van der Waals surface area contributed by atoms with Crippen LogP contribution < -0.4 is 0 Å². The first-order valence-electron chi connectivity index (χ1n) is 3.55. The average molecular weight is 200 g/mol. The number of carbonyl (C=O) groups excluding carboxylic acids is 1. The molecular weight excluding hydrogens is 192 g/mol. The summed E-state index contributed by atoms with van der Waals surface area (Å²) in [5.41, 5.74) is 0. The molecule has 70 valence electrons. The fourth-order valence-corrected chi connectivity index (χ4v) is 1.63. The topological polar surface area (TPSA) is 60.4 Å². The van der Waals surface area contributed by atoms with Crippen LogP contribution in [0, 0.1) is 0 Å². The largest absolute Gasteiger partial charge is 0.301 e. The van der Waals surface area contributed by atoms with Crippen molar-refractivity contribution in [2.45, 2.75) is 4.90 Å². The quantitative estimate of drug-likeness (QED) is 0.527. The van der Waals surface area contributed by atoms with Crippen LogP contribution in [-0.2, 0) is 19.1 Å². The van der Waals surface area contributed by atoms with Crippen molar-refractivity contribution in [3.8, 4) is 0 Å². The highest BCUT2D eigenvalue weighted by Crippen LogP contribution is 2.10. The maximum atomic E-state index is 11.2. The van der Waals surface area contributed by atoms with Crippen molar-refractivity contribution in [1.29, 1.82) is 0 Å². The molecule has 0 aliphatic carbocycles. The minimum atomic E-state index is -3.75. The molecule has 0 spiro atoms. The standard InChI is InChI=1S/C8H8O4S/c9-6-7-12-13(10,11)8-4-2-1-3-5-8/h1-6H,7H2. The normalized spacial score (nSPS) is 11.1. The fourth-order valence-electron chi connectivity index (χ4n) is 0.773. The zero-order valence-electron chi connectivity index (χ0n) is 6.71. The minimum Gasteiger partial charge on any atom is -0.301 e. The van der Waals surface area contributed by atoms with Crippen molar-refractivity contribution in [1.82, 2.24) is 0 Å². The van der Waals surface area contributed by atoms with E-state index in [0.29, 0.717) is 6.29 Å². The molecule has 0 heterocycles. The van der Waals surface area contributed by atoms with Gasteiger partial charge in [0, 0.05) is 0 Å². The van der Waals surface area contributed by atoms with Crippen LogP contribution in [0.5, 0.6) is 0 Å². The maximum Gasteiger partial charge on any atom is 0.297 e. The van der Waals surface area contributed by atoms with Gasteiger partial charge in [-0.15, -0.1) is 0 Å². The second-order valence-electron chi connectivity index (χ2n) is 2.22. The molecule has 0 aromatic heterocycles. The van der Waals surface area contributed by atoms with E-state index in [4.69, 9.17) is 0 Å². The first-order chi connectivity index (χ1) is 6.17. The van der Waals surface area contributed by atoms with Gasteiger partial charge in [-0.25, -0.2) is 0 Å². The SMILES string of the molecule is O=CCOS(=O)(=O)c1ccccc1. The predicted octanol–water partition coefficient (Wildman–Crippen LogP) is 0.591. The maximum absolute atomic E-state index is 11.2. The highest BCUT2D eigenvalue weighted by atomic mass is 32.2. The lowest BCUT2D eigenvalue weighted by molar-refractivity contribution is -0.109. The third kappa shape index (κ3) is 2.64. The Hall–Kier alpha value is -1.20. The van der Waals surface area contributed by atoms with Crippen LogP contribution in [0.1, 0.15) is 0 Å². The Balaban J connectivity index is 2.88. The Bertz CT molecular complexity index is 368. The minimum absolute atomic E-state index is 0.0526.